The Balaban J connectivity index is 2.17. The van der Waals surface area contributed by atoms with E-state index in [9.17, 15) is 10.1 Å². The third-order valence-electron chi connectivity index (χ3n) is 2.77. The third kappa shape index (κ3) is 3.01. The van der Waals surface area contributed by atoms with Gasteiger partial charge < -0.3 is 10.5 Å². The van der Waals surface area contributed by atoms with Crippen LogP contribution in [0.15, 0.2) is 42.5 Å². The lowest BCUT2D eigenvalue weighted by Gasteiger charge is -2.09. The second kappa shape index (κ2) is 5.39. The largest absolute Gasteiger partial charge is 0.488 e. The molecule has 0 aliphatic heterocycles. The van der Waals surface area contributed by atoms with Crippen LogP contribution in [-0.4, -0.2) is 4.92 Å². The molecule has 19 heavy (non-hydrogen) atoms. The van der Waals surface area contributed by atoms with E-state index in [1.165, 1.54) is 6.07 Å². The number of nitro groups is 1. The molecule has 5 heteroatoms. The molecule has 0 bridgehead atoms. The minimum Gasteiger partial charge on any atom is -0.488 e. The monoisotopic (exact) mass is 258 g/mol. The van der Waals surface area contributed by atoms with Crippen LogP contribution < -0.4 is 10.5 Å². The van der Waals surface area contributed by atoms with E-state index in [0.717, 1.165) is 5.56 Å². The van der Waals surface area contributed by atoms with Crippen molar-refractivity contribution >= 4 is 11.4 Å². The number of hydrogen-bond acceptors (Lipinski definition) is 4. The summed E-state index contributed by atoms with van der Waals surface area (Å²) in [4.78, 5) is 10.5. The molecule has 0 aromatic heterocycles. The van der Waals surface area contributed by atoms with Crippen molar-refractivity contribution in [3.8, 4) is 5.75 Å². The van der Waals surface area contributed by atoms with Gasteiger partial charge >= 0.3 is 0 Å². The Kier molecular flexibility index (Phi) is 3.66. The van der Waals surface area contributed by atoms with E-state index in [4.69, 9.17) is 10.5 Å². The third-order valence-corrected chi connectivity index (χ3v) is 2.77. The first-order valence-electron chi connectivity index (χ1n) is 5.79. The van der Waals surface area contributed by atoms with E-state index in [1.807, 2.05) is 6.92 Å². The number of rotatable bonds is 4. The van der Waals surface area contributed by atoms with Crippen molar-refractivity contribution in [3.05, 3.63) is 63.7 Å². The molecule has 0 spiro atoms. The standard InChI is InChI=1S/C14H14N2O3/c1-10-8-12(15)6-7-14(10)19-9-11-4-2-3-5-13(11)16(17)18/h2-8H,9,15H2,1H3. The van der Waals surface area contributed by atoms with Gasteiger partial charge in [0.25, 0.3) is 5.69 Å². The molecule has 2 N–H and O–H groups in total. The van der Waals surface area contributed by atoms with Crippen molar-refractivity contribution in [2.45, 2.75) is 13.5 Å². The summed E-state index contributed by atoms with van der Waals surface area (Å²) in [6, 6.07) is 11.8. The summed E-state index contributed by atoms with van der Waals surface area (Å²) >= 11 is 0. The molecule has 0 radical (unpaired) electrons. The van der Waals surface area contributed by atoms with Gasteiger partial charge in [-0.05, 0) is 36.8 Å². The van der Waals surface area contributed by atoms with Crippen LogP contribution in [0.25, 0.3) is 0 Å². The molecule has 0 saturated carbocycles. The van der Waals surface area contributed by atoms with Gasteiger partial charge in [-0.3, -0.25) is 10.1 Å². The first kappa shape index (κ1) is 12.9. The van der Waals surface area contributed by atoms with Crippen molar-refractivity contribution in [2.75, 3.05) is 5.73 Å². The Bertz CT molecular complexity index is 611. The van der Waals surface area contributed by atoms with Crippen LogP contribution >= 0.6 is 0 Å². The molecule has 0 unspecified atom stereocenters. The highest BCUT2D eigenvalue weighted by molar-refractivity contribution is 5.47. The van der Waals surface area contributed by atoms with Crippen LogP contribution in [0.2, 0.25) is 0 Å². The molecule has 0 amide bonds. The second-order valence-corrected chi connectivity index (χ2v) is 4.20. The van der Waals surface area contributed by atoms with Crippen LogP contribution in [-0.2, 0) is 6.61 Å². The van der Waals surface area contributed by atoms with E-state index in [0.29, 0.717) is 17.0 Å². The number of nitrogens with zero attached hydrogens (tertiary/aromatic N) is 1. The number of nitrogen functional groups attached to an aromatic ring is 1. The summed E-state index contributed by atoms with van der Waals surface area (Å²) in [5.74, 6) is 0.673. The van der Waals surface area contributed by atoms with Crippen LogP contribution in [0, 0.1) is 17.0 Å². The van der Waals surface area contributed by atoms with Gasteiger partial charge in [0.05, 0.1) is 10.5 Å². The number of ether oxygens (including phenoxy) is 1. The van der Waals surface area contributed by atoms with Gasteiger partial charge in [-0.25, -0.2) is 0 Å². The van der Waals surface area contributed by atoms with Gasteiger partial charge in [-0.15, -0.1) is 0 Å². The Labute approximate surface area is 110 Å². The van der Waals surface area contributed by atoms with Crippen LogP contribution in [0.3, 0.4) is 0 Å². The Hall–Kier alpha value is -2.56. The fraction of sp³-hybridized carbons (Fsp3) is 0.143. The lowest BCUT2D eigenvalue weighted by Crippen LogP contribution is -2.01. The fourth-order valence-electron chi connectivity index (χ4n) is 1.80. The molecule has 2 aromatic rings. The molecule has 5 nitrogen and oxygen atoms in total. The highest BCUT2D eigenvalue weighted by Gasteiger charge is 2.12. The average molecular weight is 258 g/mol. The second-order valence-electron chi connectivity index (χ2n) is 4.20. The average Bonchev–Trinajstić information content (AvgIpc) is 2.38. The molecule has 2 rings (SSSR count). The lowest BCUT2D eigenvalue weighted by molar-refractivity contribution is -0.385. The zero-order valence-corrected chi connectivity index (χ0v) is 10.5. The molecular weight excluding hydrogens is 244 g/mol. The molecule has 0 saturated heterocycles. The minimum absolute atomic E-state index is 0.0654. The Morgan fingerprint density at radius 2 is 2.00 bits per heavy atom. The number of benzene rings is 2. The zero-order valence-electron chi connectivity index (χ0n) is 10.5. The highest BCUT2D eigenvalue weighted by atomic mass is 16.6. The van der Waals surface area contributed by atoms with Gasteiger partial charge in [-0.2, -0.15) is 0 Å². The maximum atomic E-state index is 10.9. The Morgan fingerprint density at radius 1 is 1.26 bits per heavy atom. The van der Waals surface area contributed by atoms with Crippen molar-refractivity contribution in [1.29, 1.82) is 0 Å². The first-order chi connectivity index (χ1) is 9.08. The van der Waals surface area contributed by atoms with Crippen LogP contribution in [0.4, 0.5) is 11.4 Å². The molecule has 98 valence electrons. The van der Waals surface area contributed by atoms with Gasteiger partial charge in [0.2, 0.25) is 0 Å². The van der Waals surface area contributed by atoms with Crippen LogP contribution in [0.5, 0.6) is 5.75 Å². The SMILES string of the molecule is Cc1cc(N)ccc1OCc1ccccc1[N+](=O)[O-]. The molecular formula is C14H14N2O3. The summed E-state index contributed by atoms with van der Waals surface area (Å²) in [6.07, 6.45) is 0. The fourth-order valence-corrected chi connectivity index (χ4v) is 1.80. The molecule has 0 atom stereocenters. The van der Waals surface area contributed by atoms with Crippen molar-refractivity contribution in [1.82, 2.24) is 0 Å². The summed E-state index contributed by atoms with van der Waals surface area (Å²) in [6.45, 7) is 2.03. The summed E-state index contributed by atoms with van der Waals surface area (Å²) in [5.41, 5.74) is 7.83. The van der Waals surface area contributed by atoms with Crippen LogP contribution in [0.1, 0.15) is 11.1 Å². The smallest absolute Gasteiger partial charge is 0.276 e. The zero-order chi connectivity index (χ0) is 13.8. The van der Waals surface area contributed by atoms with Crippen molar-refractivity contribution in [2.24, 2.45) is 0 Å². The molecule has 0 fully saturated rings. The van der Waals surface area contributed by atoms with Gasteiger partial charge in [0, 0.05) is 11.8 Å². The summed E-state index contributed by atoms with van der Waals surface area (Å²) in [7, 11) is 0. The maximum Gasteiger partial charge on any atom is 0.276 e. The van der Waals surface area contributed by atoms with E-state index in [-0.39, 0.29) is 12.3 Å². The number of hydrogen-bond donors (Lipinski definition) is 1. The normalized spacial score (nSPS) is 10.2. The predicted octanol–water partition coefficient (Wildman–Crippen LogP) is 3.06. The van der Waals surface area contributed by atoms with Gasteiger partial charge in [0.15, 0.2) is 0 Å². The van der Waals surface area contributed by atoms with Crippen molar-refractivity contribution in [3.63, 3.8) is 0 Å². The minimum atomic E-state index is -0.408. The number of para-hydroxylation sites is 1. The molecule has 0 heterocycles. The van der Waals surface area contributed by atoms with E-state index in [1.54, 1.807) is 36.4 Å². The number of aryl methyl sites for hydroxylation is 1. The molecule has 0 aliphatic carbocycles. The number of nitrogens with two attached hydrogens (primary N) is 1. The van der Waals surface area contributed by atoms with E-state index < -0.39 is 4.92 Å². The molecule has 0 aliphatic rings. The van der Waals surface area contributed by atoms with Crippen molar-refractivity contribution < 1.29 is 9.66 Å². The van der Waals surface area contributed by atoms with Gasteiger partial charge in [-0.1, -0.05) is 12.1 Å². The van der Waals surface area contributed by atoms with E-state index >= 15 is 0 Å². The maximum absolute atomic E-state index is 10.9. The number of nitro benzene ring substituents is 1. The quantitative estimate of drug-likeness (QED) is 0.519. The molecule has 2 aromatic carbocycles. The topological polar surface area (TPSA) is 78.4 Å². The summed E-state index contributed by atoms with van der Waals surface area (Å²) in [5, 5.41) is 10.9. The summed E-state index contributed by atoms with van der Waals surface area (Å²) < 4.78 is 5.61. The lowest BCUT2D eigenvalue weighted by atomic mass is 10.2. The predicted molar refractivity (Wildman–Crippen MR) is 73.0 cm³/mol. The van der Waals surface area contributed by atoms with Gasteiger partial charge in [0.1, 0.15) is 12.4 Å². The Morgan fingerprint density at radius 3 is 2.68 bits per heavy atom. The highest BCUT2D eigenvalue weighted by Crippen LogP contribution is 2.24. The van der Waals surface area contributed by atoms with E-state index in [2.05, 4.69) is 0 Å². The number of anilines is 1. The first-order valence-corrected chi connectivity index (χ1v) is 5.79.